The van der Waals surface area contributed by atoms with Crippen LogP contribution in [0.1, 0.15) is 39.0 Å². The van der Waals surface area contributed by atoms with Crippen molar-refractivity contribution < 1.29 is 28.7 Å². The summed E-state index contributed by atoms with van der Waals surface area (Å²) in [7, 11) is 5.79. The van der Waals surface area contributed by atoms with E-state index in [-0.39, 0.29) is 18.9 Å². The van der Waals surface area contributed by atoms with Gasteiger partial charge in [-0.2, -0.15) is 0 Å². The summed E-state index contributed by atoms with van der Waals surface area (Å²) in [6.07, 6.45) is 4.31. The maximum atomic E-state index is 12.2. The average Bonchev–Trinajstić information content (AvgIpc) is 2.58. The molecule has 0 aliphatic rings. The lowest BCUT2D eigenvalue weighted by Crippen LogP contribution is -2.51. The molecule has 7 nitrogen and oxygen atoms in total. The first-order valence-electron chi connectivity index (χ1n) is 9.85. The van der Waals surface area contributed by atoms with E-state index in [4.69, 9.17) is 9.47 Å². The van der Waals surface area contributed by atoms with E-state index in [0.717, 1.165) is 12.8 Å². The molecule has 1 atom stereocenters. The van der Waals surface area contributed by atoms with Crippen molar-refractivity contribution in [3.8, 4) is 11.5 Å². The molecule has 0 aliphatic carbocycles. The molecule has 0 aromatic heterocycles. The Balaban J connectivity index is 2.47. The lowest BCUT2D eigenvalue weighted by molar-refractivity contribution is -0.871. The molecule has 1 aromatic carbocycles. The molecule has 0 radical (unpaired) electrons. The van der Waals surface area contributed by atoms with Gasteiger partial charge in [-0.05, 0) is 18.6 Å². The van der Waals surface area contributed by atoms with Crippen LogP contribution >= 0.6 is 0 Å². The fourth-order valence-electron chi connectivity index (χ4n) is 2.81. The van der Waals surface area contributed by atoms with Gasteiger partial charge in [-0.25, -0.2) is 0 Å². The molecule has 0 spiro atoms. The Morgan fingerprint density at radius 3 is 2.39 bits per heavy atom. The Morgan fingerprint density at radius 1 is 1.11 bits per heavy atom. The predicted octanol–water partition coefficient (Wildman–Crippen LogP) is 1.36. The normalized spacial score (nSPS) is 12.3. The number of carboxylic acid groups (broad SMARTS) is 1. The molecule has 0 bridgehead atoms. The van der Waals surface area contributed by atoms with Crippen molar-refractivity contribution in [2.24, 2.45) is 0 Å². The second-order valence-corrected chi connectivity index (χ2v) is 7.99. The van der Waals surface area contributed by atoms with Crippen LogP contribution in [0, 0.1) is 0 Å². The van der Waals surface area contributed by atoms with E-state index < -0.39 is 12.0 Å². The molecule has 1 amide bonds. The molecule has 7 heteroatoms. The van der Waals surface area contributed by atoms with Crippen LogP contribution in [0.3, 0.4) is 0 Å². The van der Waals surface area contributed by atoms with Crippen LogP contribution in [-0.4, -0.2) is 63.3 Å². The SMILES string of the molecule is CCCCCCOc1cccc(OCC(=O)NC(CC(=O)[O-])C[N+](C)(C)C)c1. The number of quaternary nitrogens is 1. The summed E-state index contributed by atoms with van der Waals surface area (Å²) in [6.45, 7) is 3.10. The Morgan fingerprint density at radius 2 is 1.79 bits per heavy atom. The first-order chi connectivity index (χ1) is 13.2. The van der Waals surface area contributed by atoms with Gasteiger partial charge in [-0.15, -0.1) is 0 Å². The standard InChI is InChI=1S/C21H34N2O5/c1-5-6-7-8-12-27-18-10-9-11-19(14-18)28-16-20(24)22-17(13-21(25)26)15-23(2,3)4/h9-11,14,17H,5-8,12-13,15-16H2,1-4H3,(H-,22,24,25,26). The topological polar surface area (TPSA) is 87.7 Å². The van der Waals surface area contributed by atoms with Crippen molar-refractivity contribution in [2.75, 3.05) is 40.9 Å². The molecule has 1 unspecified atom stereocenters. The number of nitrogens with one attached hydrogen (secondary N) is 1. The number of nitrogens with zero attached hydrogens (tertiary/aromatic N) is 1. The maximum Gasteiger partial charge on any atom is 0.258 e. The second kappa shape index (κ2) is 12.2. The van der Waals surface area contributed by atoms with Gasteiger partial charge in [0.15, 0.2) is 6.61 Å². The van der Waals surface area contributed by atoms with Crippen LogP contribution in [0.2, 0.25) is 0 Å². The molecule has 0 saturated carbocycles. The third kappa shape index (κ3) is 11.4. The number of carbonyl (C=O) groups is 2. The zero-order chi connectivity index (χ0) is 21.0. The highest BCUT2D eigenvalue weighted by Crippen LogP contribution is 2.19. The smallest absolute Gasteiger partial charge is 0.258 e. The maximum absolute atomic E-state index is 12.2. The van der Waals surface area contributed by atoms with Gasteiger partial charge in [0.25, 0.3) is 5.91 Å². The second-order valence-electron chi connectivity index (χ2n) is 7.99. The highest BCUT2D eigenvalue weighted by atomic mass is 16.5. The van der Waals surface area contributed by atoms with Crippen molar-refractivity contribution >= 4 is 11.9 Å². The van der Waals surface area contributed by atoms with E-state index in [0.29, 0.717) is 29.1 Å². The van der Waals surface area contributed by atoms with Crippen molar-refractivity contribution in [2.45, 2.75) is 45.1 Å². The van der Waals surface area contributed by atoms with Crippen LogP contribution in [0.4, 0.5) is 0 Å². The van der Waals surface area contributed by atoms with Crippen molar-refractivity contribution in [3.05, 3.63) is 24.3 Å². The lowest BCUT2D eigenvalue weighted by atomic mass is 10.2. The van der Waals surface area contributed by atoms with Gasteiger partial charge >= 0.3 is 0 Å². The van der Waals surface area contributed by atoms with Gasteiger partial charge in [0.1, 0.15) is 11.5 Å². The van der Waals surface area contributed by atoms with Gasteiger partial charge in [0, 0.05) is 18.5 Å². The Hall–Kier alpha value is -2.28. The molecule has 0 heterocycles. The monoisotopic (exact) mass is 394 g/mol. The number of hydrogen-bond donors (Lipinski definition) is 1. The lowest BCUT2D eigenvalue weighted by Gasteiger charge is -2.30. The number of benzene rings is 1. The van der Waals surface area contributed by atoms with Crippen molar-refractivity contribution in [1.29, 1.82) is 0 Å². The third-order valence-electron chi connectivity index (χ3n) is 3.99. The van der Waals surface area contributed by atoms with Gasteiger partial charge < -0.3 is 29.2 Å². The number of likely N-dealkylation sites (N-methyl/N-ethyl adjacent to an activating group) is 1. The number of ether oxygens (including phenoxy) is 2. The third-order valence-corrected chi connectivity index (χ3v) is 3.99. The van der Waals surface area contributed by atoms with E-state index in [1.165, 1.54) is 12.8 Å². The highest BCUT2D eigenvalue weighted by Gasteiger charge is 2.20. The molecular formula is C21H34N2O5. The van der Waals surface area contributed by atoms with Gasteiger partial charge in [-0.1, -0.05) is 32.3 Å². The quantitative estimate of drug-likeness (QED) is 0.380. The average molecular weight is 395 g/mol. The Labute approximate surface area is 168 Å². The van der Waals surface area contributed by atoms with E-state index in [1.54, 1.807) is 12.1 Å². The van der Waals surface area contributed by atoms with Crippen LogP contribution in [0.15, 0.2) is 24.3 Å². The molecule has 1 rings (SSSR count). The summed E-state index contributed by atoms with van der Waals surface area (Å²) >= 11 is 0. The molecule has 28 heavy (non-hydrogen) atoms. The fraction of sp³-hybridized carbons (Fsp3) is 0.619. The van der Waals surface area contributed by atoms with Gasteiger partial charge in [0.05, 0.1) is 40.3 Å². The largest absolute Gasteiger partial charge is 0.550 e. The molecule has 1 aromatic rings. The minimum absolute atomic E-state index is 0.194. The summed E-state index contributed by atoms with van der Waals surface area (Å²) in [5.41, 5.74) is 0. The predicted molar refractivity (Wildman–Crippen MR) is 106 cm³/mol. The molecular weight excluding hydrogens is 360 g/mol. The minimum Gasteiger partial charge on any atom is -0.550 e. The first-order valence-corrected chi connectivity index (χ1v) is 9.85. The Kier molecular flexibility index (Phi) is 10.4. The number of carboxylic acids is 1. The van der Waals surface area contributed by atoms with E-state index in [2.05, 4.69) is 12.2 Å². The van der Waals surface area contributed by atoms with Gasteiger partial charge in [-0.3, -0.25) is 4.79 Å². The van der Waals surface area contributed by atoms with E-state index >= 15 is 0 Å². The van der Waals surface area contributed by atoms with E-state index in [1.807, 2.05) is 33.3 Å². The van der Waals surface area contributed by atoms with Crippen molar-refractivity contribution in [1.82, 2.24) is 5.32 Å². The number of aliphatic carboxylic acids is 1. The summed E-state index contributed by atoms with van der Waals surface area (Å²) in [5, 5.41) is 13.6. The summed E-state index contributed by atoms with van der Waals surface area (Å²) < 4.78 is 11.8. The summed E-state index contributed by atoms with van der Waals surface area (Å²) in [5.74, 6) is -0.326. The first kappa shape index (κ1) is 23.8. The van der Waals surface area contributed by atoms with Crippen LogP contribution in [-0.2, 0) is 9.59 Å². The van der Waals surface area contributed by atoms with E-state index in [9.17, 15) is 14.7 Å². The molecule has 158 valence electrons. The van der Waals surface area contributed by atoms with Crippen LogP contribution in [0.5, 0.6) is 11.5 Å². The number of rotatable bonds is 14. The van der Waals surface area contributed by atoms with Crippen molar-refractivity contribution in [3.63, 3.8) is 0 Å². The highest BCUT2D eigenvalue weighted by molar-refractivity contribution is 5.78. The minimum atomic E-state index is -1.19. The number of carbonyl (C=O) groups excluding carboxylic acids is 2. The van der Waals surface area contributed by atoms with Crippen LogP contribution in [0.25, 0.3) is 0 Å². The molecule has 0 fully saturated rings. The molecule has 0 saturated heterocycles. The Bertz CT molecular complexity index is 613. The van der Waals surface area contributed by atoms with Crippen LogP contribution < -0.4 is 19.9 Å². The van der Waals surface area contributed by atoms with Gasteiger partial charge in [0.2, 0.25) is 0 Å². The fourth-order valence-corrected chi connectivity index (χ4v) is 2.81. The number of amides is 1. The summed E-state index contributed by atoms with van der Waals surface area (Å²) in [4.78, 5) is 23.1. The zero-order valence-electron chi connectivity index (χ0n) is 17.5. The molecule has 1 N–H and O–H groups in total. The summed E-state index contributed by atoms with van der Waals surface area (Å²) in [6, 6.07) is 6.65. The number of hydrogen-bond acceptors (Lipinski definition) is 5. The zero-order valence-corrected chi connectivity index (χ0v) is 17.5. The number of unbranched alkanes of at least 4 members (excludes halogenated alkanes) is 3. The molecule has 0 aliphatic heterocycles.